The van der Waals surface area contributed by atoms with Gasteiger partial charge in [-0.25, -0.2) is 0 Å². The smallest absolute Gasteiger partial charge is 0.854 e. The molecule has 0 spiro atoms. The van der Waals surface area contributed by atoms with Crippen molar-refractivity contribution in [1.82, 2.24) is 0 Å². The van der Waals surface area contributed by atoms with Crippen LogP contribution < -0.4 is 15.3 Å². The van der Waals surface area contributed by atoms with Crippen LogP contribution in [0.5, 0.6) is 0 Å². The Balaban J connectivity index is -0.0000000655. The molecule has 0 saturated heterocycles. The maximum absolute atomic E-state index is 9.63. The van der Waals surface area contributed by atoms with Gasteiger partial charge in [0.05, 0.1) is 0 Å². The van der Waals surface area contributed by atoms with Gasteiger partial charge in [0.15, 0.2) is 0 Å². The molecular weight excluding hydrogens is 336 g/mol. The van der Waals surface area contributed by atoms with Crippen molar-refractivity contribution in [2.45, 2.75) is 41.5 Å². The third-order valence-electron chi connectivity index (χ3n) is 1.00. The van der Waals surface area contributed by atoms with Gasteiger partial charge in [-0.2, -0.15) is 0 Å². The van der Waals surface area contributed by atoms with E-state index in [1.165, 1.54) is 0 Å². The second-order valence-electron chi connectivity index (χ2n) is 4.68. The molecule has 0 aromatic heterocycles. The van der Waals surface area contributed by atoms with Crippen LogP contribution in [0.2, 0.25) is 0 Å². The summed E-state index contributed by atoms with van der Waals surface area (Å²) >= 11 is 0. The SMILES string of the molecule is CC(C)C[O-].CC(C)C[O-].CC(C)C[O-].[Nd+3]. The minimum Gasteiger partial charge on any atom is -0.854 e. The van der Waals surface area contributed by atoms with Crippen molar-refractivity contribution in [2.24, 2.45) is 17.8 Å². The molecule has 0 aromatic rings. The summed E-state index contributed by atoms with van der Waals surface area (Å²) in [4.78, 5) is 0. The van der Waals surface area contributed by atoms with Gasteiger partial charge < -0.3 is 15.3 Å². The van der Waals surface area contributed by atoms with E-state index in [0.29, 0.717) is 17.8 Å². The summed E-state index contributed by atoms with van der Waals surface area (Å²) in [5, 5.41) is 28.9. The van der Waals surface area contributed by atoms with Crippen molar-refractivity contribution < 1.29 is 56.2 Å². The van der Waals surface area contributed by atoms with Crippen molar-refractivity contribution in [3.8, 4) is 0 Å². The topological polar surface area (TPSA) is 69.2 Å². The molecule has 0 aliphatic rings. The summed E-state index contributed by atoms with van der Waals surface area (Å²) in [6.45, 7) is 11.6. The van der Waals surface area contributed by atoms with Gasteiger partial charge in [-0.15, -0.1) is 19.8 Å². The Morgan fingerprint density at radius 3 is 0.625 bits per heavy atom. The van der Waals surface area contributed by atoms with Crippen molar-refractivity contribution in [2.75, 3.05) is 19.8 Å². The molecule has 1 radical (unpaired) electrons. The van der Waals surface area contributed by atoms with Crippen LogP contribution in [-0.2, 0) is 0 Å². The predicted molar refractivity (Wildman–Crippen MR) is 59.1 cm³/mol. The predicted octanol–water partition coefficient (Wildman–Crippen LogP) is 0.00810. The van der Waals surface area contributed by atoms with Crippen LogP contribution in [0.3, 0.4) is 0 Å². The summed E-state index contributed by atoms with van der Waals surface area (Å²) in [6.07, 6.45) is 0. The summed E-state index contributed by atoms with van der Waals surface area (Å²) in [5.41, 5.74) is 0. The van der Waals surface area contributed by atoms with Gasteiger partial charge in [0.1, 0.15) is 0 Å². The molecule has 0 amide bonds. The molecule has 16 heavy (non-hydrogen) atoms. The van der Waals surface area contributed by atoms with Crippen LogP contribution in [-0.4, -0.2) is 19.8 Å². The van der Waals surface area contributed by atoms with Gasteiger partial charge in [-0.1, -0.05) is 59.3 Å². The first-order valence-electron chi connectivity index (χ1n) is 5.55. The average molecular weight is 364 g/mol. The van der Waals surface area contributed by atoms with Gasteiger partial charge in [0, 0.05) is 0 Å². The van der Waals surface area contributed by atoms with E-state index in [1.807, 2.05) is 41.5 Å². The van der Waals surface area contributed by atoms with Crippen molar-refractivity contribution in [1.29, 1.82) is 0 Å². The fourth-order valence-corrected chi connectivity index (χ4v) is 0. The third-order valence-corrected chi connectivity index (χ3v) is 1.00. The summed E-state index contributed by atoms with van der Waals surface area (Å²) < 4.78 is 0. The molecule has 97 valence electrons. The molecular formula is C12H27NdO3. The van der Waals surface area contributed by atoms with Gasteiger partial charge in [-0.05, 0) is 0 Å². The monoisotopic (exact) mass is 361 g/mol. The third kappa shape index (κ3) is 59.0. The van der Waals surface area contributed by atoms with E-state index < -0.39 is 0 Å². The fourth-order valence-electron chi connectivity index (χ4n) is 0. The zero-order valence-corrected chi connectivity index (χ0v) is 14.8. The van der Waals surface area contributed by atoms with Gasteiger partial charge >= 0.3 is 40.8 Å². The van der Waals surface area contributed by atoms with E-state index in [-0.39, 0.29) is 60.7 Å². The first-order chi connectivity index (χ1) is 6.81. The first kappa shape index (κ1) is 25.9. The zero-order chi connectivity index (χ0) is 12.9. The van der Waals surface area contributed by atoms with Crippen molar-refractivity contribution in [3.63, 3.8) is 0 Å². The van der Waals surface area contributed by atoms with Crippen LogP contribution in [0.4, 0.5) is 0 Å². The minimum atomic E-state index is 0. The van der Waals surface area contributed by atoms with Crippen molar-refractivity contribution in [3.05, 3.63) is 0 Å². The molecule has 0 N–H and O–H groups in total. The second kappa shape index (κ2) is 21.5. The summed E-state index contributed by atoms with van der Waals surface area (Å²) in [7, 11) is 0. The number of hydrogen-bond acceptors (Lipinski definition) is 3. The maximum Gasteiger partial charge on any atom is 3.00 e. The molecule has 0 rings (SSSR count). The quantitative estimate of drug-likeness (QED) is 0.709. The van der Waals surface area contributed by atoms with E-state index in [1.54, 1.807) is 0 Å². The maximum atomic E-state index is 9.63. The molecule has 0 saturated carbocycles. The number of hydrogen-bond donors (Lipinski definition) is 0. The van der Waals surface area contributed by atoms with Crippen molar-refractivity contribution >= 4 is 0 Å². The van der Waals surface area contributed by atoms with E-state index in [0.717, 1.165) is 0 Å². The number of rotatable bonds is 3. The molecule has 0 unspecified atom stereocenters. The fraction of sp³-hybridized carbons (Fsp3) is 1.00. The van der Waals surface area contributed by atoms with Crippen LogP contribution in [0.25, 0.3) is 0 Å². The molecule has 0 aliphatic carbocycles. The molecule has 0 aliphatic heterocycles. The van der Waals surface area contributed by atoms with Gasteiger partial charge in [0.2, 0.25) is 0 Å². The van der Waals surface area contributed by atoms with Gasteiger partial charge in [-0.3, -0.25) is 0 Å². The molecule has 3 nitrogen and oxygen atoms in total. The molecule has 0 aromatic carbocycles. The van der Waals surface area contributed by atoms with Gasteiger partial charge in [0.25, 0.3) is 0 Å². The molecule has 4 heteroatoms. The summed E-state index contributed by atoms with van der Waals surface area (Å²) in [5.74, 6) is 0.986. The Morgan fingerprint density at radius 1 is 0.562 bits per heavy atom. The Morgan fingerprint density at radius 2 is 0.625 bits per heavy atom. The summed E-state index contributed by atoms with van der Waals surface area (Å²) in [6, 6.07) is 0. The van der Waals surface area contributed by atoms with Crippen LogP contribution >= 0.6 is 0 Å². The van der Waals surface area contributed by atoms with E-state index in [9.17, 15) is 15.3 Å². The van der Waals surface area contributed by atoms with E-state index >= 15 is 0 Å². The van der Waals surface area contributed by atoms with Crippen LogP contribution in [0.1, 0.15) is 41.5 Å². The first-order valence-corrected chi connectivity index (χ1v) is 5.55. The standard InChI is InChI=1S/3C4H9O.Nd/c3*1-4(2)3-5;/h3*4H,3H2,1-2H3;/q3*-1;+3. The normalized spacial score (nSPS) is 9.00. The van der Waals surface area contributed by atoms with Crippen LogP contribution in [0.15, 0.2) is 0 Å². The van der Waals surface area contributed by atoms with E-state index in [2.05, 4.69) is 0 Å². The zero-order valence-electron chi connectivity index (χ0n) is 11.6. The van der Waals surface area contributed by atoms with E-state index in [4.69, 9.17) is 0 Å². The molecule has 0 atom stereocenters. The second-order valence-corrected chi connectivity index (χ2v) is 4.68. The Bertz CT molecular complexity index is 77.2. The molecule has 0 bridgehead atoms. The average Bonchev–Trinajstić information content (AvgIpc) is 2.19. The minimum absolute atomic E-state index is 0. The van der Waals surface area contributed by atoms with Crippen LogP contribution in [0, 0.1) is 58.6 Å². The molecule has 0 fully saturated rings. The Labute approximate surface area is 134 Å². The Hall–Kier alpha value is 1.23. The molecule has 0 heterocycles. The largest absolute Gasteiger partial charge is 3.00 e. The Kier molecular flexibility index (Phi) is 34.9.